The van der Waals surface area contributed by atoms with Crippen molar-refractivity contribution in [1.29, 1.82) is 0 Å². The lowest BCUT2D eigenvalue weighted by Crippen LogP contribution is -2.41. The zero-order valence-corrected chi connectivity index (χ0v) is 9.89. The van der Waals surface area contributed by atoms with Crippen molar-refractivity contribution >= 4 is 0 Å². The summed E-state index contributed by atoms with van der Waals surface area (Å²) in [5.41, 5.74) is 0. The summed E-state index contributed by atoms with van der Waals surface area (Å²) in [6.45, 7) is 6.56. The van der Waals surface area contributed by atoms with Crippen LogP contribution < -0.4 is 0 Å². The van der Waals surface area contributed by atoms with Gasteiger partial charge in [0.25, 0.3) is 0 Å². The number of rotatable bonds is 3. The van der Waals surface area contributed by atoms with E-state index in [4.69, 9.17) is 4.42 Å². The Morgan fingerprint density at radius 2 is 2.19 bits per heavy atom. The zero-order chi connectivity index (χ0) is 11.5. The fraction of sp³-hybridized carbons (Fsp3) is 0.818. The van der Waals surface area contributed by atoms with Crippen LogP contribution in [0.15, 0.2) is 4.42 Å². The van der Waals surface area contributed by atoms with Crippen LogP contribution in [0.3, 0.4) is 0 Å². The second-order valence-corrected chi connectivity index (χ2v) is 4.51. The van der Waals surface area contributed by atoms with E-state index >= 15 is 0 Å². The third-order valence-electron chi connectivity index (χ3n) is 3.11. The topological polar surface area (TPSA) is 62.4 Å². The van der Waals surface area contributed by atoms with Gasteiger partial charge in [0.05, 0.1) is 12.6 Å². The molecule has 2 heterocycles. The monoisotopic (exact) mass is 225 g/mol. The molecular weight excluding hydrogens is 206 g/mol. The Morgan fingerprint density at radius 1 is 1.44 bits per heavy atom. The first-order chi connectivity index (χ1) is 7.69. The van der Waals surface area contributed by atoms with Gasteiger partial charge in [0.15, 0.2) is 0 Å². The van der Waals surface area contributed by atoms with Crippen molar-refractivity contribution in [1.82, 2.24) is 15.1 Å². The van der Waals surface area contributed by atoms with Gasteiger partial charge in [0.2, 0.25) is 11.8 Å². The van der Waals surface area contributed by atoms with Crippen LogP contribution in [-0.2, 0) is 13.0 Å². The minimum Gasteiger partial charge on any atom is -0.424 e. The fourth-order valence-corrected chi connectivity index (χ4v) is 2.05. The van der Waals surface area contributed by atoms with Crippen molar-refractivity contribution < 1.29 is 9.52 Å². The van der Waals surface area contributed by atoms with Gasteiger partial charge in [-0.25, -0.2) is 0 Å². The van der Waals surface area contributed by atoms with Gasteiger partial charge in [-0.1, -0.05) is 13.8 Å². The summed E-state index contributed by atoms with van der Waals surface area (Å²) in [5, 5.41) is 17.6. The minimum absolute atomic E-state index is 0.162. The Hall–Kier alpha value is -0.940. The van der Waals surface area contributed by atoms with Crippen LogP contribution in [0.4, 0.5) is 0 Å². The van der Waals surface area contributed by atoms with Crippen LogP contribution in [0.1, 0.15) is 32.0 Å². The summed E-state index contributed by atoms with van der Waals surface area (Å²) in [5.74, 6) is 1.70. The molecule has 1 N–H and O–H groups in total. The van der Waals surface area contributed by atoms with E-state index in [0.29, 0.717) is 24.2 Å². The summed E-state index contributed by atoms with van der Waals surface area (Å²) >= 11 is 0. The highest BCUT2D eigenvalue weighted by molar-refractivity contribution is 4.84. The molecule has 2 atom stereocenters. The number of aryl methyl sites for hydroxylation is 1. The van der Waals surface area contributed by atoms with Crippen LogP contribution in [0.2, 0.25) is 0 Å². The molecule has 0 spiro atoms. The van der Waals surface area contributed by atoms with E-state index in [1.54, 1.807) is 0 Å². The highest BCUT2D eigenvalue weighted by Crippen LogP contribution is 2.18. The molecule has 90 valence electrons. The molecule has 5 heteroatoms. The maximum Gasteiger partial charge on any atom is 0.230 e. The smallest absolute Gasteiger partial charge is 0.230 e. The molecule has 2 unspecified atom stereocenters. The van der Waals surface area contributed by atoms with Crippen molar-refractivity contribution in [2.24, 2.45) is 5.92 Å². The normalized spacial score (nSPS) is 27.2. The van der Waals surface area contributed by atoms with E-state index in [0.717, 1.165) is 25.9 Å². The van der Waals surface area contributed by atoms with Gasteiger partial charge in [-0.15, -0.1) is 10.2 Å². The fourth-order valence-electron chi connectivity index (χ4n) is 2.05. The average Bonchev–Trinajstić information content (AvgIpc) is 2.71. The third kappa shape index (κ3) is 2.59. The lowest BCUT2D eigenvalue weighted by atomic mass is 9.97. The summed E-state index contributed by atoms with van der Waals surface area (Å²) < 4.78 is 5.47. The number of aliphatic hydroxyl groups is 1. The molecule has 0 radical (unpaired) electrons. The lowest BCUT2D eigenvalue weighted by molar-refractivity contribution is 0.0288. The van der Waals surface area contributed by atoms with Crippen molar-refractivity contribution in [2.75, 3.05) is 13.1 Å². The van der Waals surface area contributed by atoms with E-state index in [-0.39, 0.29) is 6.10 Å². The molecular formula is C11H19N3O2. The molecule has 0 amide bonds. The van der Waals surface area contributed by atoms with E-state index < -0.39 is 0 Å². The second-order valence-electron chi connectivity index (χ2n) is 4.51. The average molecular weight is 225 g/mol. The zero-order valence-electron chi connectivity index (χ0n) is 9.89. The molecule has 1 aromatic rings. The van der Waals surface area contributed by atoms with Crippen molar-refractivity contribution in [2.45, 2.75) is 39.3 Å². The molecule has 1 fully saturated rings. The number of hydrogen-bond donors (Lipinski definition) is 1. The second kappa shape index (κ2) is 4.93. The highest BCUT2D eigenvalue weighted by atomic mass is 16.4. The quantitative estimate of drug-likeness (QED) is 0.825. The summed E-state index contributed by atoms with van der Waals surface area (Å²) in [4.78, 5) is 2.25. The molecule has 0 aromatic carbocycles. The van der Waals surface area contributed by atoms with Crippen LogP contribution >= 0.6 is 0 Å². The Morgan fingerprint density at radius 3 is 2.81 bits per heavy atom. The number of nitrogens with zero attached hydrogens (tertiary/aromatic N) is 3. The minimum atomic E-state index is -0.162. The Kier molecular flexibility index (Phi) is 3.56. The van der Waals surface area contributed by atoms with Gasteiger partial charge in [-0.2, -0.15) is 0 Å². The molecule has 0 aliphatic carbocycles. The first-order valence-corrected chi connectivity index (χ1v) is 5.90. The number of piperidine rings is 1. The van der Waals surface area contributed by atoms with E-state index in [1.165, 1.54) is 0 Å². The lowest BCUT2D eigenvalue weighted by Gasteiger charge is -2.33. The largest absolute Gasteiger partial charge is 0.424 e. The number of aromatic nitrogens is 2. The van der Waals surface area contributed by atoms with Crippen molar-refractivity contribution in [3.63, 3.8) is 0 Å². The van der Waals surface area contributed by atoms with E-state index in [2.05, 4.69) is 22.0 Å². The third-order valence-corrected chi connectivity index (χ3v) is 3.11. The van der Waals surface area contributed by atoms with Crippen LogP contribution in [0.5, 0.6) is 0 Å². The first kappa shape index (κ1) is 11.5. The summed E-state index contributed by atoms with van der Waals surface area (Å²) in [6.07, 6.45) is 1.45. The van der Waals surface area contributed by atoms with Crippen LogP contribution in [0.25, 0.3) is 0 Å². The van der Waals surface area contributed by atoms with Gasteiger partial charge in [0.1, 0.15) is 0 Å². The molecule has 1 aliphatic heterocycles. The van der Waals surface area contributed by atoms with Gasteiger partial charge >= 0.3 is 0 Å². The number of hydrogen-bond acceptors (Lipinski definition) is 5. The highest BCUT2D eigenvalue weighted by Gasteiger charge is 2.25. The predicted octanol–water partition coefficient (Wildman–Crippen LogP) is 0.835. The maximum atomic E-state index is 9.63. The Balaban J connectivity index is 1.90. The SMILES string of the molecule is CCc1nnc(CN2CCC(O)C(C)C2)o1. The predicted molar refractivity (Wildman–Crippen MR) is 58.7 cm³/mol. The van der Waals surface area contributed by atoms with Crippen LogP contribution in [-0.4, -0.2) is 39.4 Å². The molecule has 2 rings (SSSR count). The molecule has 16 heavy (non-hydrogen) atoms. The van der Waals surface area contributed by atoms with E-state index in [9.17, 15) is 5.11 Å². The number of likely N-dealkylation sites (tertiary alicyclic amines) is 1. The molecule has 0 bridgehead atoms. The molecule has 1 aromatic heterocycles. The van der Waals surface area contributed by atoms with Gasteiger partial charge in [-0.05, 0) is 12.3 Å². The van der Waals surface area contributed by atoms with Gasteiger partial charge in [-0.3, -0.25) is 4.90 Å². The van der Waals surface area contributed by atoms with Gasteiger partial charge < -0.3 is 9.52 Å². The Labute approximate surface area is 95.5 Å². The standard InChI is InChI=1S/C11H19N3O2/c1-3-10-12-13-11(16-10)7-14-5-4-9(15)8(2)6-14/h8-9,15H,3-7H2,1-2H3. The molecule has 5 nitrogen and oxygen atoms in total. The summed E-state index contributed by atoms with van der Waals surface area (Å²) in [6, 6.07) is 0. The summed E-state index contributed by atoms with van der Waals surface area (Å²) in [7, 11) is 0. The molecule has 0 saturated carbocycles. The number of aliphatic hydroxyl groups excluding tert-OH is 1. The molecule has 1 aliphatic rings. The van der Waals surface area contributed by atoms with Crippen molar-refractivity contribution in [3.05, 3.63) is 11.8 Å². The van der Waals surface area contributed by atoms with Gasteiger partial charge in [0, 0.05) is 19.5 Å². The first-order valence-electron chi connectivity index (χ1n) is 5.90. The van der Waals surface area contributed by atoms with Crippen molar-refractivity contribution in [3.8, 4) is 0 Å². The maximum absolute atomic E-state index is 9.63. The van der Waals surface area contributed by atoms with Crippen LogP contribution in [0, 0.1) is 5.92 Å². The Bertz CT molecular complexity index is 340. The van der Waals surface area contributed by atoms with E-state index in [1.807, 2.05) is 6.92 Å². The molecule has 1 saturated heterocycles.